The molecular weight excluding hydrogens is 340 g/mol. The Kier molecular flexibility index (Phi) is 5.95. The van der Waals surface area contributed by atoms with Crippen molar-refractivity contribution >= 4 is 34.8 Å². The summed E-state index contributed by atoms with van der Waals surface area (Å²) >= 11 is 7.11. The molecule has 0 aliphatic carbocycles. The quantitative estimate of drug-likeness (QED) is 0.797. The van der Waals surface area contributed by atoms with Gasteiger partial charge in [0, 0.05) is 23.4 Å². The highest BCUT2D eigenvalue weighted by Crippen LogP contribution is 2.18. The lowest BCUT2D eigenvalue weighted by atomic mass is 10.3. The molecule has 0 saturated heterocycles. The maximum Gasteiger partial charge on any atom is 0.355 e. The van der Waals surface area contributed by atoms with Crippen molar-refractivity contribution in [2.24, 2.45) is 0 Å². The van der Waals surface area contributed by atoms with E-state index in [-0.39, 0.29) is 11.6 Å². The first-order chi connectivity index (χ1) is 11.0. The van der Waals surface area contributed by atoms with Gasteiger partial charge < -0.3 is 15.2 Å². The second-order valence-corrected chi connectivity index (χ2v) is 6.07. The average Bonchev–Trinajstić information content (AvgIpc) is 2.96. The summed E-state index contributed by atoms with van der Waals surface area (Å²) in [5.74, 6) is -0.800. The number of nitrogens with one attached hydrogen (secondary N) is 1. The van der Waals surface area contributed by atoms with Crippen LogP contribution in [0.25, 0.3) is 0 Å². The summed E-state index contributed by atoms with van der Waals surface area (Å²) in [6.45, 7) is 2.00. The molecule has 2 aromatic rings. The number of carbonyl (C=O) groups excluding carboxylic acids is 1. The molecule has 1 amide bonds. The zero-order chi connectivity index (χ0) is 16.8. The molecule has 0 spiro atoms. The van der Waals surface area contributed by atoms with Crippen molar-refractivity contribution in [3.05, 3.63) is 45.4 Å². The van der Waals surface area contributed by atoms with Crippen molar-refractivity contribution in [3.63, 3.8) is 0 Å². The lowest BCUT2D eigenvalue weighted by molar-refractivity contribution is -0.127. The summed E-state index contributed by atoms with van der Waals surface area (Å²) in [5.41, 5.74) is 0.0222. The monoisotopic (exact) mass is 354 g/mol. The third-order valence-electron chi connectivity index (χ3n) is 2.89. The standard InChI is InChI=1S/C15H15ClN2O4S/c1-9(22-11-4-2-3-10(16)7-11)14(19)17-6-5-13-18-12(8-23-13)15(20)21/h2-4,7-9H,5-6H2,1H3,(H,17,19)(H,20,21). The van der Waals surface area contributed by atoms with Crippen LogP contribution in [-0.2, 0) is 11.2 Å². The van der Waals surface area contributed by atoms with Crippen molar-refractivity contribution < 1.29 is 19.4 Å². The van der Waals surface area contributed by atoms with Crippen LogP contribution in [0.15, 0.2) is 29.6 Å². The molecule has 0 bridgehead atoms. The number of thiazole rings is 1. The topological polar surface area (TPSA) is 88.5 Å². The maximum absolute atomic E-state index is 12.0. The van der Waals surface area contributed by atoms with E-state index in [9.17, 15) is 9.59 Å². The Bertz CT molecular complexity index is 704. The smallest absolute Gasteiger partial charge is 0.355 e. The lowest BCUT2D eigenvalue weighted by Gasteiger charge is -2.14. The van der Waals surface area contributed by atoms with Gasteiger partial charge in [0.05, 0.1) is 5.01 Å². The number of benzene rings is 1. The zero-order valence-electron chi connectivity index (χ0n) is 12.3. The Balaban J connectivity index is 1.78. The molecule has 1 heterocycles. The van der Waals surface area contributed by atoms with E-state index in [0.717, 1.165) is 0 Å². The number of ether oxygens (including phenoxy) is 1. The molecule has 1 aromatic heterocycles. The van der Waals surface area contributed by atoms with E-state index in [2.05, 4.69) is 10.3 Å². The SMILES string of the molecule is CC(Oc1cccc(Cl)c1)C(=O)NCCc1nc(C(=O)O)cs1. The number of rotatable bonds is 7. The van der Waals surface area contributed by atoms with Crippen molar-refractivity contribution in [1.82, 2.24) is 10.3 Å². The second-order valence-electron chi connectivity index (χ2n) is 4.69. The van der Waals surface area contributed by atoms with Crippen LogP contribution in [0.2, 0.25) is 5.02 Å². The first kappa shape index (κ1) is 17.2. The van der Waals surface area contributed by atoms with E-state index in [1.54, 1.807) is 31.2 Å². The molecule has 0 fully saturated rings. The van der Waals surface area contributed by atoms with E-state index in [0.29, 0.717) is 28.7 Å². The molecule has 1 unspecified atom stereocenters. The summed E-state index contributed by atoms with van der Waals surface area (Å²) in [4.78, 5) is 26.6. The normalized spacial score (nSPS) is 11.7. The number of carboxylic acids is 1. The van der Waals surface area contributed by atoms with Crippen LogP contribution < -0.4 is 10.1 Å². The van der Waals surface area contributed by atoms with Gasteiger partial charge in [-0.1, -0.05) is 17.7 Å². The molecule has 8 heteroatoms. The number of hydrogen-bond acceptors (Lipinski definition) is 5. The fourth-order valence-corrected chi connectivity index (χ4v) is 2.71. The van der Waals surface area contributed by atoms with Gasteiger partial charge >= 0.3 is 5.97 Å². The van der Waals surface area contributed by atoms with E-state index in [1.165, 1.54) is 16.7 Å². The molecule has 0 aliphatic rings. The first-order valence-electron chi connectivity index (χ1n) is 6.83. The fraction of sp³-hybridized carbons (Fsp3) is 0.267. The molecular formula is C15H15ClN2O4S. The van der Waals surface area contributed by atoms with Crippen molar-refractivity contribution in [1.29, 1.82) is 0 Å². The summed E-state index contributed by atoms with van der Waals surface area (Å²) < 4.78 is 5.51. The van der Waals surface area contributed by atoms with Gasteiger partial charge in [-0.2, -0.15) is 0 Å². The van der Waals surface area contributed by atoms with Gasteiger partial charge in [-0.25, -0.2) is 9.78 Å². The highest BCUT2D eigenvalue weighted by atomic mass is 35.5. The van der Waals surface area contributed by atoms with Crippen LogP contribution in [-0.4, -0.2) is 34.6 Å². The van der Waals surface area contributed by atoms with Gasteiger partial charge in [0.25, 0.3) is 5.91 Å². The summed E-state index contributed by atoms with van der Waals surface area (Å²) in [6, 6.07) is 6.82. The maximum atomic E-state index is 12.0. The highest BCUT2D eigenvalue weighted by Gasteiger charge is 2.15. The fourth-order valence-electron chi connectivity index (χ4n) is 1.76. The van der Waals surface area contributed by atoms with Crippen molar-refractivity contribution in [2.45, 2.75) is 19.4 Å². The molecule has 23 heavy (non-hydrogen) atoms. The molecule has 122 valence electrons. The molecule has 6 nitrogen and oxygen atoms in total. The minimum absolute atomic E-state index is 0.0222. The highest BCUT2D eigenvalue weighted by molar-refractivity contribution is 7.09. The number of carboxylic acid groups (broad SMARTS) is 1. The van der Waals surface area contributed by atoms with Gasteiger partial charge in [0.2, 0.25) is 0 Å². The zero-order valence-corrected chi connectivity index (χ0v) is 13.9. The number of aromatic carboxylic acids is 1. The van der Waals surface area contributed by atoms with Crippen LogP contribution >= 0.6 is 22.9 Å². The molecule has 0 radical (unpaired) electrons. The number of halogens is 1. The van der Waals surface area contributed by atoms with E-state index in [1.807, 2.05) is 0 Å². The van der Waals surface area contributed by atoms with Gasteiger partial charge in [-0.15, -0.1) is 11.3 Å². The van der Waals surface area contributed by atoms with Crippen LogP contribution in [0.5, 0.6) is 5.75 Å². The second kappa shape index (κ2) is 7.94. The predicted molar refractivity (Wildman–Crippen MR) is 87.3 cm³/mol. The Morgan fingerprint density at radius 2 is 2.26 bits per heavy atom. The number of carbonyl (C=O) groups is 2. The van der Waals surface area contributed by atoms with Crippen molar-refractivity contribution in [2.75, 3.05) is 6.54 Å². The first-order valence-corrected chi connectivity index (χ1v) is 8.09. The molecule has 2 rings (SSSR count). The minimum Gasteiger partial charge on any atom is -0.481 e. The third kappa shape index (κ3) is 5.22. The third-order valence-corrected chi connectivity index (χ3v) is 4.03. The summed E-state index contributed by atoms with van der Waals surface area (Å²) in [6.07, 6.45) is -0.201. The molecule has 2 N–H and O–H groups in total. The molecule has 1 aromatic carbocycles. The van der Waals surface area contributed by atoms with Gasteiger partial charge in [0.1, 0.15) is 5.75 Å². The Morgan fingerprint density at radius 3 is 2.91 bits per heavy atom. The summed E-state index contributed by atoms with van der Waals surface area (Å²) in [7, 11) is 0. The van der Waals surface area contributed by atoms with Crippen LogP contribution in [0.3, 0.4) is 0 Å². The molecule has 1 atom stereocenters. The van der Waals surface area contributed by atoms with Crippen LogP contribution in [0.1, 0.15) is 22.4 Å². The van der Waals surface area contributed by atoms with E-state index >= 15 is 0 Å². The van der Waals surface area contributed by atoms with Gasteiger partial charge in [-0.05, 0) is 25.1 Å². The van der Waals surface area contributed by atoms with Gasteiger partial charge in [-0.3, -0.25) is 4.79 Å². The summed E-state index contributed by atoms with van der Waals surface area (Å²) in [5, 5.41) is 14.2. The molecule has 0 saturated carbocycles. The number of nitrogens with zero attached hydrogens (tertiary/aromatic N) is 1. The number of hydrogen-bond donors (Lipinski definition) is 2. The molecule has 0 aliphatic heterocycles. The van der Waals surface area contributed by atoms with Crippen LogP contribution in [0.4, 0.5) is 0 Å². The number of amides is 1. The van der Waals surface area contributed by atoms with Gasteiger partial charge in [0.15, 0.2) is 11.8 Å². The number of aromatic nitrogens is 1. The Morgan fingerprint density at radius 1 is 1.48 bits per heavy atom. The Hall–Kier alpha value is -2.12. The predicted octanol–water partition coefficient (Wildman–Crippen LogP) is 2.62. The van der Waals surface area contributed by atoms with Crippen molar-refractivity contribution in [3.8, 4) is 5.75 Å². The van der Waals surface area contributed by atoms with E-state index in [4.69, 9.17) is 21.4 Å². The minimum atomic E-state index is -1.06. The van der Waals surface area contributed by atoms with Crippen LogP contribution in [0, 0.1) is 0 Å². The lowest BCUT2D eigenvalue weighted by Crippen LogP contribution is -2.37. The van der Waals surface area contributed by atoms with E-state index < -0.39 is 12.1 Å². The largest absolute Gasteiger partial charge is 0.481 e. The Labute approximate surface area is 142 Å². The average molecular weight is 355 g/mol.